The highest BCUT2D eigenvalue weighted by molar-refractivity contribution is 6.33. The third-order valence-electron chi connectivity index (χ3n) is 3.46. The normalized spacial score (nSPS) is 18.4. The molecule has 1 aliphatic heterocycles. The fourth-order valence-corrected chi connectivity index (χ4v) is 2.68. The smallest absolute Gasteiger partial charge is 0.346 e. The number of nitro groups is 1. The number of pyridine rings is 1. The van der Waals surface area contributed by atoms with Gasteiger partial charge in [-0.15, -0.1) is 0 Å². The summed E-state index contributed by atoms with van der Waals surface area (Å²) in [4.78, 5) is 28.0. The molecule has 0 aromatic carbocycles. The molecule has 2 heterocycles. The van der Waals surface area contributed by atoms with Crippen LogP contribution in [0.1, 0.15) is 6.42 Å². The lowest BCUT2D eigenvalue weighted by Crippen LogP contribution is -2.43. The zero-order valence-electron chi connectivity index (χ0n) is 11.9. The van der Waals surface area contributed by atoms with E-state index in [0.717, 1.165) is 17.2 Å². The summed E-state index contributed by atoms with van der Waals surface area (Å²) in [6.45, 7) is -1.34. The van der Waals surface area contributed by atoms with E-state index in [4.69, 9.17) is 11.6 Å². The third kappa shape index (κ3) is 3.81. The average Bonchev–Trinajstić information content (AvgIpc) is 2.77. The molecular formula is C12H12ClF3N4O3. The number of carbonyl (C=O) groups is 1. The van der Waals surface area contributed by atoms with Crippen LogP contribution in [0.25, 0.3) is 0 Å². The summed E-state index contributed by atoms with van der Waals surface area (Å²) >= 11 is 5.92. The molecule has 1 aromatic rings. The van der Waals surface area contributed by atoms with Gasteiger partial charge in [0.05, 0.1) is 9.95 Å². The fourth-order valence-electron chi connectivity index (χ4n) is 2.38. The molecule has 1 amide bonds. The Morgan fingerprint density at radius 2 is 2.22 bits per heavy atom. The molecule has 0 spiro atoms. The number of nitrogens with zero attached hydrogens (tertiary/aromatic N) is 4. The van der Waals surface area contributed by atoms with Gasteiger partial charge in [-0.2, -0.15) is 13.2 Å². The lowest BCUT2D eigenvalue weighted by atomic mass is 10.2. The predicted molar refractivity (Wildman–Crippen MR) is 75.3 cm³/mol. The topological polar surface area (TPSA) is 79.6 Å². The maximum Gasteiger partial charge on any atom is 0.406 e. The van der Waals surface area contributed by atoms with Gasteiger partial charge in [0.25, 0.3) is 5.69 Å². The van der Waals surface area contributed by atoms with Gasteiger partial charge < -0.3 is 9.80 Å². The first-order valence-corrected chi connectivity index (χ1v) is 6.86. The number of likely N-dealkylation sites (N-methyl/N-ethyl adjacent to an activating group) is 1. The minimum atomic E-state index is -4.47. The van der Waals surface area contributed by atoms with Crippen LogP contribution >= 0.6 is 11.6 Å². The highest BCUT2D eigenvalue weighted by Gasteiger charge is 2.41. The van der Waals surface area contributed by atoms with Crippen LogP contribution < -0.4 is 4.90 Å². The first-order chi connectivity index (χ1) is 10.6. The van der Waals surface area contributed by atoms with Gasteiger partial charge in [-0.25, -0.2) is 4.98 Å². The fraction of sp³-hybridized carbons (Fsp3) is 0.500. The standard InChI is InChI=1S/C12H12ClF3N4O3/c1-18(10-8(13)4-7(5-17-10)20(22)23)9-2-3-19(11(9)21)6-12(14,15)16/h4-5,9H,2-3,6H2,1H3. The summed E-state index contributed by atoms with van der Waals surface area (Å²) in [5, 5.41) is 10.6. The van der Waals surface area contributed by atoms with Crippen molar-refractivity contribution in [3.8, 4) is 0 Å². The summed E-state index contributed by atoms with van der Waals surface area (Å²) in [5.74, 6) is -0.578. The number of rotatable bonds is 4. The highest BCUT2D eigenvalue weighted by Crippen LogP contribution is 2.30. The number of amides is 1. The molecule has 2 rings (SSSR count). The van der Waals surface area contributed by atoms with Crippen molar-refractivity contribution in [2.24, 2.45) is 0 Å². The van der Waals surface area contributed by atoms with E-state index >= 15 is 0 Å². The highest BCUT2D eigenvalue weighted by atomic mass is 35.5. The number of carbonyl (C=O) groups excluding carboxylic acids is 1. The summed E-state index contributed by atoms with van der Waals surface area (Å²) in [6.07, 6.45) is -3.31. The minimum Gasteiger partial charge on any atom is -0.346 e. The molecule has 23 heavy (non-hydrogen) atoms. The Morgan fingerprint density at radius 3 is 2.74 bits per heavy atom. The Balaban J connectivity index is 2.17. The summed E-state index contributed by atoms with van der Waals surface area (Å²) < 4.78 is 37.2. The quantitative estimate of drug-likeness (QED) is 0.613. The van der Waals surface area contributed by atoms with Crippen molar-refractivity contribution in [2.75, 3.05) is 25.0 Å². The molecule has 0 bridgehead atoms. The molecule has 126 valence electrons. The summed E-state index contributed by atoms with van der Waals surface area (Å²) in [6, 6.07) is 0.233. The first-order valence-electron chi connectivity index (χ1n) is 6.48. The van der Waals surface area contributed by atoms with Crippen LogP contribution in [0, 0.1) is 10.1 Å². The second-order valence-corrected chi connectivity index (χ2v) is 5.45. The Labute approximate surface area is 133 Å². The van der Waals surface area contributed by atoms with Crippen LogP contribution in [0.5, 0.6) is 0 Å². The summed E-state index contributed by atoms with van der Waals surface area (Å²) in [7, 11) is 1.46. The van der Waals surface area contributed by atoms with Crippen LogP contribution in [0.3, 0.4) is 0 Å². The van der Waals surface area contributed by atoms with Gasteiger partial charge in [-0.3, -0.25) is 14.9 Å². The van der Waals surface area contributed by atoms with Crippen LogP contribution in [0.15, 0.2) is 12.3 Å². The van der Waals surface area contributed by atoms with Crippen molar-refractivity contribution < 1.29 is 22.9 Å². The number of aromatic nitrogens is 1. The molecule has 1 fully saturated rings. The molecular weight excluding hydrogens is 341 g/mol. The number of halogens is 4. The molecule has 11 heteroatoms. The van der Waals surface area contributed by atoms with E-state index in [1.54, 1.807) is 0 Å². The van der Waals surface area contributed by atoms with Crippen LogP contribution in [0.2, 0.25) is 5.02 Å². The first kappa shape index (κ1) is 17.3. The molecule has 0 N–H and O–H groups in total. The largest absolute Gasteiger partial charge is 0.406 e. The van der Waals surface area contributed by atoms with E-state index < -0.39 is 29.6 Å². The molecule has 0 radical (unpaired) electrons. The van der Waals surface area contributed by atoms with Crippen LogP contribution in [-0.4, -0.2) is 53.1 Å². The SMILES string of the molecule is CN(c1ncc([N+](=O)[O-])cc1Cl)C1CCN(CC(F)(F)F)C1=O. The zero-order chi connectivity index (χ0) is 17.4. The van der Waals surface area contributed by atoms with Gasteiger partial charge in [-0.05, 0) is 6.42 Å². The van der Waals surface area contributed by atoms with Gasteiger partial charge >= 0.3 is 6.18 Å². The van der Waals surface area contributed by atoms with Gasteiger partial charge in [0.15, 0.2) is 0 Å². The zero-order valence-corrected chi connectivity index (χ0v) is 12.6. The van der Waals surface area contributed by atoms with Crippen LogP contribution in [0.4, 0.5) is 24.7 Å². The molecule has 1 aliphatic rings. The minimum absolute atomic E-state index is 0.0298. The van der Waals surface area contributed by atoms with Crippen LogP contribution in [-0.2, 0) is 4.79 Å². The molecule has 1 aromatic heterocycles. The van der Waals surface area contributed by atoms with Gasteiger partial charge in [0, 0.05) is 19.7 Å². The third-order valence-corrected chi connectivity index (χ3v) is 3.74. The lowest BCUT2D eigenvalue weighted by molar-refractivity contribution is -0.385. The van der Waals surface area contributed by atoms with E-state index in [-0.39, 0.29) is 29.5 Å². The molecule has 1 atom stereocenters. The van der Waals surface area contributed by atoms with Crippen molar-refractivity contribution in [3.05, 3.63) is 27.4 Å². The van der Waals surface area contributed by atoms with E-state index in [9.17, 15) is 28.1 Å². The molecule has 7 nitrogen and oxygen atoms in total. The van der Waals surface area contributed by atoms with Crippen molar-refractivity contribution >= 4 is 29.0 Å². The van der Waals surface area contributed by atoms with Gasteiger partial charge in [0.1, 0.15) is 24.6 Å². The Morgan fingerprint density at radius 1 is 1.57 bits per heavy atom. The lowest BCUT2D eigenvalue weighted by Gasteiger charge is -2.25. The predicted octanol–water partition coefficient (Wildman–Crippen LogP) is 2.24. The van der Waals surface area contributed by atoms with Crippen molar-refractivity contribution in [3.63, 3.8) is 0 Å². The average molecular weight is 353 g/mol. The van der Waals surface area contributed by atoms with Gasteiger partial charge in [0.2, 0.25) is 5.91 Å². The molecule has 1 unspecified atom stereocenters. The van der Waals surface area contributed by atoms with E-state index in [2.05, 4.69) is 4.98 Å². The number of likely N-dealkylation sites (tertiary alicyclic amines) is 1. The number of hydrogen-bond acceptors (Lipinski definition) is 5. The Bertz CT molecular complexity index is 640. The number of alkyl halides is 3. The second-order valence-electron chi connectivity index (χ2n) is 5.05. The number of hydrogen-bond donors (Lipinski definition) is 0. The molecule has 0 saturated carbocycles. The second kappa shape index (κ2) is 6.19. The van der Waals surface area contributed by atoms with Gasteiger partial charge in [-0.1, -0.05) is 11.6 Å². The molecule has 0 aliphatic carbocycles. The van der Waals surface area contributed by atoms with E-state index in [1.165, 1.54) is 11.9 Å². The van der Waals surface area contributed by atoms with Crippen molar-refractivity contribution in [1.82, 2.24) is 9.88 Å². The van der Waals surface area contributed by atoms with Crippen molar-refractivity contribution in [2.45, 2.75) is 18.6 Å². The van der Waals surface area contributed by atoms with E-state index in [1.807, 2.05) is 0 Å². The van der Waals surface area contributed by atoms with E-state index in [0.29, 0.717) is 0 Å². The maximum absolute atomic E-state index is 12.4. The number of anilines is 1. The summed E-state index contributed by atoms with van der Waals surface area (Å²) in [5.41, 5.74) is -0.316. The van der Waals surface area contributed by atoms with Crippen molar-refractivity contribution in [1.29, 1.82) is 0 Å². The Kier molecular flexibility index (Phi) is 4.64. The monoisotopic (exact) mass is 352 g/mol. The maximum atomic E-state index is 12.4. The Hall–Kier alpha value is -2.10. The molecule has 1 saturated heterocycles.